The van der Waals surface area contributed by atoms with Crippen LogP contribution in [0.4, 0.5) is 4.39 Å². The molecule has 0 aliphatic carbocycles. The highest BCUT2D eigenvalue weighted by Gasteiger charge is 2.25. The number of nitrogens with zero attached hydrogens (tertiary/aromatic N) is 1. The van der Waals surface area contributed by atoms with Gasteiger partial charge in [-0.25, -0.2) is 4.39 Å². The van der Waals surface area contributed by atoms with Crippen molar-refractivity contribution in [1.82, 2.24) is 4.90 Å². The van der Waals surface area contributed by atoms with Crippen LogP contribution in [0.3, 0.4) is 0 Å². The Morgan fingerprint density at radius 1 is 1.58 bits per heavy atom. The maximum atomic E-state index is 13.0. The number of hydrogen-bond donors (Lipinski definition) is 0. The van der Waals surface area contributed by atoms with Crippen LogP contribution in [0.15, 0.2) is 22.7 Å². The lowest BCUT2D eigenvalue weighted by Gasteiger charge is -2.32. The molecule has 1 aliphatic rings. The molecule has 1 aromatic rings. The van der Waals surface area contributed by atoms with E-state index in [-0.39, 0.29) is 17.8 Å². The number of carbonyl (C=O) groups excluding carboxylic acids is 1. The van der Waals surface area contributed by atoms with Gasteiger partial charge in [0, 0.05) is 24.2 Å². The van der Waals surface area contributed by atoms with Crippen LogP contribution in [0.2, 0.25) is 0 Å². The molecule has 1 fully saturated rings. The molecule has 2 rings (SSSR count). The van der Waals surface area contributed by atoms with Gasteiger partial charge in [0.05, 0.1) is 11.7 Å². The maximum Gasteiger partial charge on any atom is 0.255 e. The second-order valence-electron chi connectivity index (χ2n) is 4.59. The van der Waals surface area contributed by atoms with E-state index < -0.39 is 0 Å². The van der Waals surface area contributed by atoms with Crippen molar-refractivity contribution < 1.29 is 13.9 Å². The molecule has 1 unspecified atom stereocenters. The van der Waals surface area contributed by atoms with E-state index >= 15 is 0 Å². The summed E-state index contributed by atoms with van der Waals surface area (Å²) in [7, 11) is 0. The normalized spacial score (nSPS) is 19.5. The highest BCUT2D eigenvalue weighted by molar-refractivity contribution is 9.10. The molecule has 1 heterocycles. The molecule has 0 bridgehead atoms. The smallest absolute Gasteiger partial charge is 0.255 e. The van der Waals surface area contributed by atoms with Gasteiger partial charge in [-0.2, -0.15) is 0 Å². The van der Waals surface area contributed by atoms with Crippen LogP contribution in [0.5, 0.6) is 0 Å². The number of hydrogen-bond acceptors (Lipinski definition) is 2. The molecule has 104 valence electrons. The third-order valence-electron chi connectivity index (χ3n) is 3.23. The quantitative estimate of drug-likeness (QED) is 0.852. The first-order chi connectivity index (χ1) is 9.11. The monoisotopic (exact) mass is 329 g/mol. The van der Waals surface area contributed by atoms with E-state index in [0.29, 0.717) is 23.2 Å². The van der Waals surface area contributed by atoms with E-state index in [9.17, 15) is 9.18 Å². The zero-order valence-electron chi connectivity index (χ0n) is 10.9. The average molecular weight is 330 g/mol. The molecule has 1 aliphatic heterocycles. The Morgan fingerprint density at radius 2 is 2.37 bits per heavy atom. The predicted octanol–water partition coefficient (Wildman–Crippen LogP) is 3.23. The zero-order chi connectivity index (χ0) is 13.8. The van der Waals surface area contributed by atoms with Gasteiger partial charge in [-0.15, -0.1) is 0 Å². The minimum absolute atomic E-state index is 0.0729. The van der Waals surface area contributed by atoms with E-state index in [4.69, 9.17) is 4.74 Å². The van der Waals surface area contributed by atoms with E-state index in [0.717, 1.165) is 19.4 Å². The van der Waals surface area contributed by atoms with Crippen molar-refractivity contribution in [2.45, 2.75) is 25.9 Å². The number of carbonyl (C=O) groups is 1. The van der Waals surface area contributed by atoms with Crippen molar-refractivity contribution >= 4 is 21.8 Å². The number of piperidine rings is 1. The molecule has 1 saturated heterocycles. The number of benzene rings is 1. The van der Waals surface area contributed by atoms with E-state index in [1.54, 1.807) is 4.90 Å². The van der Waals surface area contributed by atoms with Gasteiger partial charge in [0.25, 0.3) is 5.91 Å². The number of amides is 1. The Bertz CT molecular complexity index is 465. The number of rotatable bonds is 3. The van der Waals surface area contributed by atoms with Crippen LogP contribution in [0, 0.1) is 5.82 Å². The van der Waals surface area contributed by atoms with Gasteiger partial charge in [-0.1, -0.05) is 0 Å². The first-order valence-corrected chi connectivity index (χ1v) is 7.27. The van der Waals surface area contributed by atoms with Gasteiger partial charge >= 0.3 is 0 Å². The third-order valence-corrected chi connectivity index (χ3v) is 3.89. The summed E-state index contributed by atoms with van der Waals surface area (Å²) in [4.78, 5) is 14.2. The van der Waals surface area contributed by atoms with Gasteiger partial charge in [0.2, 0.25) is 0 Å². The molecule has 0 aromatic heterocycles. The summed E-state index contributed by atoms with van der Waals surface area (Å²) < 4.78 is 19.1. The lowest BCUT2D eigenvalue weighted by molar-refractivity contribution is 0.00720. The van der Waals surface area contributed by atoms with Crippen LogP contribution in [-0.2, 0) is 4.74 Å². The topological polar surface area (TPSA) is 29.5 Å². The minimum Gasteiger partial charge on any atom is -0.377 e. The van der Waals surface area contributed by atoms with Crippen molar-refractivity contribution in [3.8, 4) is 0 Å². The predicted molar refractivity (Wildman–Crippen MR) is 74.7 cm³/mol. The fourth-order valence-corrected chi connectivity index (χ4v) is 2.85. The molecule has 0 N–H and O–H groups in total. The Balaban J connectivity index is 2.10. The maximum absolute atomic E-state index is 13.0. The molecule has 5 heteroatoms. The molecular formula is C14H17BrFNO2. The van der Waals surface area contributed by atoms with Gasteiger partial charge in [0.15, 0.2) is 0 Å². The Hall–Kier alpha value is -0.940. The lowest BCUT2D eigenvalue weighted by atomic mass is 10.1. The summed E-state index contributed by atoms with van der Waals surface area (Å²) in [5, 5.41) is 0. The summed E-state index contributed by atoms with van der Waals surface area (Å²) >= 11 is 3.24. The van der Waals surface area contributed by atoms with Crippen molar-refractivity contribution in [3.63, 3.8) is 0 Å². The average Bonchev–Trinajstić information content (AvgIpc) is 2.39. The standard InChI is InChI=1S/C14H17BrFNO2/c1-2-19-11-4-3-7-17(9-11)14(18)12-6-5-10(16)8-13(12)15/h5-6,8,11H,2-4,7,9H2,1H3. The number of likely N-dealkylation sites (tertiary alicyclic amines) is 1. The van der Waals surface area contributed by atoms with E-state index in [1.165, 1.54) is 18.2 Å². The lowest BCUT2D eigenvalue weighted by Crippen LogP contribution is -2.43. The fraction of sp³-hybridized carbons (Fsp3) is 0.500. The van der Waals surface area contributed by atoms with Gasteiger partial charge in [-0.3, -0.25) is 4.79 Å². The number of halogens is 2. The fourth-order valence-electron chi connectivity index (χ4n) is 2.33. The highest BCUT2D eigenvalue weighted by Crippen LogP contribution is 2.22. The summed E-state index contributed by atoms with van der Waals surface area (Å²) in [6, 6.07) is 4.14. The molecule has 0 radical (unpaired) electrons. The van der Waals surface area contributed by atoms with E-state index in [2.05, 4.69) is 15.9 Å². The second-order valence-corrected chi connectivity index (χ2v) is 5.45. The molecular weight excluding hydrogens is 313 g/mol. The molecule has 1 amide bonds. The summed E-state index contributed by atoms with van der Waals surface area (Å²) in [5.41, 5.74) is 0.499. The Kier molecular flexibility index (Phi) is 4.93. The van der Waals surface area contributed by atoms with Crippen molar-refractivity contribution in [2.24, 2.45) is 0 Å². The molecule has 0 saturated carbocycles. The molecule has 19 heavy (non-hydrogen) atoms. The minimum atomic E-state index is -0.353. The van der Waals surface area contributed by atoms with Gasteiger partial charge < -0.3 is 9.64 Å². The number of ether oxygens (including phenoxy) is 1. The first-order valence-electron chi connectivity index (χ1n) is 6.47. The highest BCUT2D eigenvalue weighted by atomic mass is 79.9. The van der Waals surface area contributed by atoms with Crippen LogP contribution in [0.1, 0.15) is 30.1 Å². The van der Waals surface area contributed by atoms with Crippen LogP contribution >= 0.6 is 15.9 Å². The zero-order valence-corrected chi connectivity index (χ0v) is 12.5. The Morgan fingerprint density at radius 3 is 3.05 bits per heavy atom. The summed E-state index contributed by atoms with van der Waals surface area (Å²) in [6.45, 7) is 3.95. The third kappa shape index (κ3) is 3.54. The Labute approximate surface area is 120 Å². The molecule has 3 nitrogen and oxygen atoms in total. The molecule has 1 atom stereocenters. The molecule has 1 aromatic carbocycles. The van der Waals surface area contributed by atoms with Crippen molar-refractivity contribution in [2.75, 3.05) is 19.7 Å². The van der Waals surface area contributed by atoms with Crippen molar-refractivity contribution in [3.05, 3.63) is 34.1 Å². The van der Waals surface area contributed by atoms with E-state index in [1.807, 2.05) is 6.92 Å². The van der Waals surface area contributed by atoms with Crippen LogP contribution < -0.4 is 0 Å². The van der Waals surface area contributed by atoms with Crippen LogP contribution in [0.25, 0.3) is 0 Å². The SMILES string of the molecule is CCOC1CCCN(C(=O)c2ccc(F)cc2Br)C1. The summed E-state index contributed by atoms with van der Waals surface area (Å²) in [6.07, 6.45) is 2.04. The second kappa shape index (κ2) is 6.48. The van der Waals surface area contributed by atoms with Gasteiger partial charge in [0.1, 0.15) is 5.82 Å². The van der Waals surface area contributed by atoms with Gasteiger partial charge in [-0.05, 0) is 53.9 Å². The van der Waals surface area contributed by atoms with Crippen molar-refractivity contribution in [1.29, 1.82) is 0 Å². The first kappa shape index (κ1) is 14.5. The summed E-state index contributed by atoms with van der Waals surface area (Å²) in [5.74, 6) is -0.425. The molecule has 0 spiro atoms. The largest absolute Gasteiger partial charge is 0.377 e. The van der Waals surface area contributed by atoms with Crippen LogP contribution in [-0.4, -0.2) is 36.6 Å².